The van der Waals surface area contributed by atoms with E-state index in [0.29, 0.717) is 32.3 Å². The Morgan fingerprint density at radius 1 is 1.32 bits per heavy atom. The number of hydrogen-bond acceptors (Lipinski definition) is 3. The zero-order chi connectivity index (χ0) is 18.3. The van der Waals surface area contributed by atoms with Crippen molar-refractivity contribution < 1.29 is 14.3 Å². The van der Waals surface area contributed by atoms with E-state index in [2.05, 4.69) is 25.2 Å². The Kier molecular flexibility index (Phi) is 7.73. The zero-order valence-electron chi connectivity index (χ0n) is 15.5. The van der Waals surface area contributed by atoms with Crippen LogP contribution in [0.15, 0.2) is 24.3 Å². The van der Waals surface area contributed by atoms with Crippen molar-refractivity contribution in [1.82, 2.24) is 5.32 Å². The number of halogens is 1. The Hall–Kier alpha value is -1.10. The number of benzene rings is 1. The van der Waals surface area contributed by atoms with Gasteiger partial charge in [-0.25, -0.2) is 0 Å². The van der Waals surface area contributed by atoms with Gasteiger partial charge in [0, 0.05) is 36.8 Å². The van der Waals surface area contributed by atoms with Crippen LogP contribution in [0.2, 0.25) is 5.02 Å². The van der Waals surface area contributed by atoms with Crippen LogP contribution in [0.5, 0.6) is 0 Å². The predicted molar refractivity (Wildman–Crippen MR) is 101 cm³/mol. The van der Waals surface area contributed by atoms with Crippen molar-refractivity contribution in [1.29, 1.82) is 0 Å². The number of hydrogen-bond donors (Lipinski definition) is 1. The molecule has 1 aliphatic rings. The topological polar surface area (TPSA) is 47.6 Å². The molecule has 25 heavy (non-hydrogen) atoms. The van der Waals surface area contributed by atoms with Gasteiger partial charge in [0.15, 0.2) is 0 Å². The van der Waals surface area contributed by atoms with Crippen LogP contribution in [0, 0.1) is 5.92 Å². The predicted octanol–water partition coefficient (Wildman–Crippen LogP) is 3.96. The lowest BCUT2D eigenvalue weighted by Gasteiger charge is -2.38. The van der Waals surface area contributed by atoms with Crippen LogP contribution in [0.4, 0.5) is 0 Å². The SMILES string of the molecule is CC(C)CCOC(C)C(=O)NCC1(c2cccc(Cl)c2)CCOCC1. The second-order valence-corrected chi connectivity index (χ2v) is 7.75. The Morgan fingerprint density at radius 3 is 2.68 bits per heavy atom. The standard InChI is InChI=1S/C20H30ClNO3/c1-15(2)7-10-25-16(3)19(23)22-14-20(8-11-24-12-9-20)17-5-4-6-18(21)13-17/h4-6,13,15-16H,7-12,14H2,1-3H3,(H,22,23). The summed E-state index contributed by atoms with van der Waals surface area (Å²) in [6.45, 7) is 8.69. The number of carbonyl (C=O) groups is 1. The average Bonchev–Trinajstić information content (AvgIpc) is 2.60. The number of ether oxygens (including phenoxy) is 2. The van der Waals surface area contributed by atoms with Gasteiger partial charge >= 0.3 is 0 Å². The first-order valence-electron chi connectivity index (χ1n) is 9.16. The highest BCUT2D eigenvalue weighted by atomic mass is 35.5. The number of rotatable bonds is 8. The normalized spacial score (nSPS) is 18.1. The van der Waals surface area contributed by atoms with Crippen molar-refractivity contribution in [2.24, 2.45) is 5.92 Å². The third-order valence-electron chi connectivity index (χ3n) is 4.92. The quantitative estimate of drug-likeness (QED) is 0.756. The van der Waals surface area contributed by atoms with Gasteiger partial charge in [0.1, 0.15) is 6.10 Å². The minimum Gasteiger partial charge on any atom is -0.381 e. The van der Waals surface area contributed by atoms with Gasteiger partial charge < -0.3 is 14.8 Å². The fourth-order valence-corrected chi connectivity index (χ4v) is 3.29. The Bertz CT molecular complexity index is 556. The highest BCUT2D eigenvalue weighted by molar-refractivity contribution is 6.30. The van der Waals surface area contributed by atoms with Crippen LogP contribution in [0.25, 0.3) is 0 Å². The third kappa shape index (κ3) is 5.98. The van der Waals surface area contributed by atoms with Crippen LogP contribution in [0.3, 0.4) is 0 Å². The first kappa shape index (κ1) is 20.2. The largest absolute Gasteiger partial charge is 0.381 e. The van der Waals surface area contributed by atoms with Gasteiger partial charge in [0.25, 0.3) is 0 Å². The molecule has 1 amide bonds. The van der Waals surface area contributed by atoms with Gasteiger partial charge in [0.2, 0.25) is 5.91 Å². The Balaban J connectivity index is 1.97. The van der Waals surface area contributed by atoms with E-state index >= 15 is 0 Å². The summed E-state index contributed by atoms with van der Waals surface area (Å²) in [6.07, 6.45) is 2.27. The molecule has 1 atom stereocenters. The van der Waals surface area contributed by atoms with Crippen LogP contribution < -0.4 is 5.32 Å². The maximum absolute atomic E-state index is 12.4. The lowest BCUT2D eigenvalue weighted by molar-refractivity contribution is -0.132. The summed E-state index contributed by atoms with van der Waals surface area (Å²) in [5, 5.41) is 3.81. The van der Waals surface area contributed by atoms with E-state index in [9.17, 15) is 4.79 Å². The molecule has 0 radical (unpaired) electrons. The monoisotopic (exact) mass is 367 g/mol. The van der Waals surface area contributed by atoms with Gasteiger partial charge in [0.05, 0.1) is 0 Å². The molecule has 1 saturated heterocycles. The Labute approximate surface area is 156 Å². The molecule has 0 aliphatic carbocycles. The first-order chi connectivity index (χ1) is 11.9. The fourth-order valence-electron chi connectivity index (χ4n) is 3.10. The zero-order valence-corrected chi connectivity index (χ0v) is 16.3. The number of carbonyl (C=O) groups excluding carboxylic acids is 1. The molecular weight excluding hydrogens is 338 g/mol. The summed E-state index contributed by atoms with van der Waals surface area (Å²) >= 11 is 6.18. The van der Waals surface area contributed by atoms with Gasteiger partial charge in [-0.1, -0.05) is 37.6 Å². The molecule has 0 aromatic heterocycles. The van der Waals surface area contributed by atoms with Crippen LogP contribution in [-0.4, -0.2) is 38.4 Å². The molecule has 1 fully saturated rings. The Morgan fingerprint density at radius 2 is 2.04 bits per heavy atom. The van der Waals surface area contributed by atoms with E-state index < -0.39 is 6.10 Å². The van der Waals surface area contributed by atoms with Gasteiger partial charge in [-0.2, -0.15) is 0 Å². The maximum Gasteiger partial charge on any atom is 0.248 e. The molecule has 5 heteroatoms. The molecule has 1 aliphatic heterocycles. The molecular formula is C20H30ClNO3. The van der Waals surface area contributed by atoms with Crippen molar-refractivity contribution in [3.8, 4) is 0 Å². The second kappa shape index (κ2) is 9.56. The van der Waals surface area contributed by atoms with Crippen LogP contribution >= 0.6 is 11.6 Å². The van der Waals surface area contributed by atoms with Crippen LogP contribution in [-0.2, 0) is 19.7 Å². The summed E-state index contributed by atoms with van der Waals surface area (Å²) < 4.78 is 11.2. The molecule has 0 bridgehead atoms. The number of nitrogens with one attached hydrogen (secondary N) is 1. The molecule has 1 unspecified atom stereocenters. The molecule has 1 heterocycles. The average molecular weight is 368 g/mol. The molecule has 140 valence electrons. The molecule has 0 saturated carbocycles. The minimum absolute atomic E-state index is 0.0587. The van der Waals surface area contributed by atoms with E-state index in [0.717, 1.165) is 29.8 Å². The lowest BCUT2D eigenvalue weighted by atomic mass is 9.74. The van der Waals surface area contributed by atoms with Gasteiger partial charge in [-0.3, -0.25) is 4.79 Å². The third-order valence-corrected chi connectivity index (χ3v) is 5.16. The molecule has 1 N–H and O–H groups in total. The van der Waals surface area contributed by atoms with E-state index in [1.54, 1.807) is 0 Å². The molecule has 2 rings (SSSR count). The molecule has 1 aromatic carbocycles. The summed E-state index contributed by atoms with van der Waals surface area (Å²) in [7, 11) is 0. The summed E-state index contributed by atoms with van der Waals surface area (Å²) in [6, 6.07) is 7.93. The highest BCUT2D eigenvalue weighted by Gasteiger charge is 2.35. The molecule has 1 aromatic rings. The van der Waals surface area contributed by atoms with Crippen LogP contribution in [0.1, 0.15) is 45.6 Å². The number of amides is 1. The van der Waals surface area contributed by atoms with Crippen molar-refractivity contribution in [3.05, 3.63) is 34.9 Å². The highest BCUT2D eigenvalue weighted by Crippen LogP contribution is 2.35. The van der Waals surface area contributed by atoms with Gasteiger partial charge in [-0.15, -0.1) is 0 Å². The fraction of sp³-hybridized carbons (Fsp3) is 0.650. The second-order valence-electron chi connectivity index (χ2n) is 7.32. The van der Waals surface area contributed by atoms with Crippen molar-refractivity contribution in [2.45, 2.75) is 51.6 Å². The van der Waals surface area contributed by atoms with E-state index in [-0.39, 0.29) is 11.3 Å². The molecule has 4 nitrogen and oxygen atoms in total. The van der Waals surface area contributed by atoms with Gasteiger partial charge in [-0.05, 0) is 49.8 Å². The van der Waals surface area contributed by atoms with E-state index in [1.807, 2.05) is 25.1 Å². The summed E-state index contributed by atoms with van der Waals surface area (Å²) in [5.41, 5.74) is 1.04. The summed E-state index contributed by atoms with van der Waals surface area (Å²) in [5.74, 6) is 0.514. The minimum atomic E-state index is -0.435. The van der Waals surface area contributed by atoms with Crippen molar-refractivity contribution >= 4 is 17.5 Å². The maximum atomic E-state index is 12.4. The van der Waals surface area contributed by atoms with E-state index in [4.69, 9.17) is 21.1 Å². The van der Waals surface area contributed by atoms with Crippen molar-refractivity contribution in [2.75, 3.05) is 26.4 Å². The van der Waals surface area contributed by atoms with Crippen molar-refractivity contribution in [3.63, 3.8) is 0 Å². The molecule has 0 spiro atoms. The summed E-state index contributed by atoms with van der Waals surface area (Å²) in [4.78, 5) is 12.4. The smallest absolute Gasteiger partial charge is 0.248 e. The first-order valence-corrected chi connectivity index (χ1v) is 9.54. The van der Waals surface area contributed by atoms with E-state index in [1.165, 1.54) is 0 Å². The lowest BCUT2D eigenvalue weighted by Crippen LogP contribution is -2.47.